The van der Waals surface area contributed by atoms with Crippen LogP contribution in [0, 0.1) is 0 Å². The molecule has 3 nitrogen and oxygen atoms in total. The molecule has 0 N–H and O–H groups in total. The molecule has 4 heteroatoms. The van der Waals surface area contributed by atoms with E-state index in [1.54, 1.807) is 7.11 Å². The van der Waals surface area contributed by atoms with Gasteiger partial charge >= 0.3 is 7.12 Å². The van der Waals surface area contributed by atoms with E-state index in [2.05, 4.69) is 0 Å². The summed E-state index contributed by atoms with van der Waals surface area (Å²) in [7, 11) is 1.40. The van der Waals surface area contributed by atoms with Crippen molar-refractivity contribution in [1.29, 1.82) is 0 Å². The number of hydrogen-bond acceptors (Lipinski definition) is 3. The normalized spacial score (nSPS) is 13.5. The lowest BCUT2D eigenvalue weighted by molar-refractivity contribution is 0.245. The first kappa shape index (κ1) is 11.3. The first-order valence-electron chi connectivity index (χ1n) is 5.87. The average Bonchev–Trinajstić information content (AvgIpc) is 2.82. The van der Waals surface area contributed by atoms with Gasteiger partial charge in [0.2, 0.25) is 0 Å². The minimum atomic E-state index is -0.245. The summed E-state index contributed by atoms with van der Waals surface area (Å²) >= 11 is 0. The van der Waals surface area contributed by atoms with E-state index in [-0.39, 0.29) is 7.12 Å². The molecule has 2 aromatic carbocycles. The van der Waals surface area contributed by atoms with Gasteiger partial charge in [0.1, 0.15) is 11.5 Å². The Morgan fingerprint density at radius 2 is 1.89 bits per heavy atom. The van der Waals surface area contributed by atoms with E-state index in [9.17, 15) is 0 Å². The monoisotopic (exact) mass is 240 g/mol. The lowest BCUT2D eigenvalue weighted by Gasteiger charge is -2.07. The highest BCUT2D eigenvalue weighted by atomic mass is 16.6. The second kappa shape index (κ2) is 4.84. The van der Waals surface area contributed by atoms with Gasteiger partial charge < -0.3 is 14.0 Å². The van der Waals surface area contributed by atoms with Crippen LogP contribution in [0.4, 0.5) is 0 Å². The van der Waals surface area contributed by atoms with E-state index >= 15 is 0 Å². The molecule has 1 aliphatic heterocycles. The van der Waals surface area contributed by atoms with Crippen molar-refractivity contribution >= 4 is 12.6 Å². The van der Waals surface area contributed by atoms with Crippen molar-refractivity contribution in [2.45, 2.75) is 6.61 Å². The summed E-state index contributed by atoms with van der Waals surface area (Å²) < 4.78 is 16.5. The van der Waals surface area contributed by atoms with Gasteiger partial charge in [-0.3, -0.25) is 0 Å². The summed E-state index contributed by atoms with van der Waals surface area (Å²) in [5.74, 6) is 1.65. The van der Waals surface area contributed by atoms with Gasteiger partial charge in [0.15, 0.2) is 0 Å². The van der Waals surface area contributed by atoms with Crippen LogP contribution < -0.4 is 10.2 Å². The Bertz CT molecular complexity index is 542. The zero-order valence-corrected chi connectivity index (χ0v) is 10.1. The molecule has 0 aliphatic carbocycles. The van der Waals surface area contributed by atoms with Crippen molar-refractivity contribution in [3.05, 3.63) is 54.1 Å². The number of para-hydroxylation sites is 1. The summed E-state index contributed by atoms with van der Waals surface area (Å²) in [5.41, 5.74) is 2.20. The van der Waals surface area contributed by atoms with Gasteiger partial charge in [-0.1, -0.05) is 24.3 Å². The maximum atomic E-state index is 5.78. The molecule has 0 fully saturated rings. The van der Waals surface area contributed by atoms with Gasteiger partial charge in [-0.05, 0) is 35.3 Å². The molecule has 18 heavy (non-hydrogen) atoms. The maximum Gasteiger partial charge on any atom is 0.494 e. The van der Waals surface area contributed by atoms with E-state index in [1.807, 2.05) is 48.5 Å². The third-order valence-electron chi connectivity index (χ3n) is 2.95. The predicted molar refractivity (Wildman–Crippen MR) is 70.1 cm³/mol. The van der Waals surface area contributed by atoms with E-state index in [4.69, 9.17) is 14.0 Å². The zero-order valence-electron chi connectivity index (χ0n) is 10.1. The molecule has 3 rings (SSSR count). The highest BCUT2D eigenvalue weighted by molar-refractivity contribution is 6.62. The van der Waals surface area contributed by atoms with Crippen molar-refractivity contribution in [1.82, 2.24) is 0 Å². The number of ether oxygens (including phenoxy) is 1. The molecule has 90 valence electrons. The standard InChI is InChI=1S/C14H13BO3/c1-16-15-14-8-7-13(9-11(14)10-17-15)18-12-5-3-2-4-6-12/h2-9H,10H2,1H3. The molecule has 2 aromatic rings. The molecule has 0 saturated carbocycles. The van der Waals surface area contributed by atoms with Crippen LogP contribution >= 0.6 is 0 Å². The lowest BCUT2D eigenvalue weighted by atomic mass is 9.79. The quantitative estimate of drug-likeness (QED) is 0.770. The van der Waals surface area contributed by atoms with Crippen LogP contribution in [-0.2, 0) is 15.9 Å². The Balaban J connectivity index is 1.84. The highest BCUT2D eigenvalue weighted by Gasteiger charge is 2.29. The SMILES string of the molecule is COB1OCc2cc(Oc3ccccc3)ccc21. The van der Waals surface area contributed by atoms with Crippen molar-refractivity contribution in [3.63, 3.8) is 0 Å². The molecule has 0 atom stereocenters. The van der Waals surface area contributed by atoms with Crippen molar-refractivity contribution in [2.75, 3.05) is 7.11 Å². The van der Waals surface area contributed by atoms with Crippen LogP contribution in [0.1, 0.15) is 5.56 Å². The average molecular weight is 240 g/mol. The highest BCUT2D eigenvalue weighted by Crippen LogP contribution is 2.23. The third kappa shape index (κ3) is 2.12. The molecule has 0 amide bonds. The second-order valence-electron chi connectivity index (χ2n) is 4.15. The Morgan fingerprint density at radius 3 is 2.67 bits per heavy atom. The second-order valence-corrected chi connectivity index (χ2v) is 4.15. The summed E-state index contributed by atoms with van der Waals surface area (Å²) in [4.78, 5) is 0. The van der Waals surface area contributed by atoms with Gasteiger partial charge in [0.05, 0.1) is 6.61 Å². The Labute approximate surface area is 106 Å². The van der Waals surface area contributed by atoms with Gasteiger partial charge in [-0.25, -0.2) is 0 Å². The Hall–Kier alpha value is -1.78. The zero-order chi connectivity index (χ0) is 12.4. The van der Waals surface area contributed by atoms with Crippen LogP contribution in [0.15, 0.2) is 48.5 Å². The van der Waals surface area contributed by atoms with Crippen LogP contribution in [-0.4, -0.2) is 14.2 Å². The molecule has 0 unspecified atom stereocenters. The Kier molecular flexibility index (Phi) is 3.05. The molecule has 1 heterocycles. The van der Waals surface area contributed by atoms with Crippen molar-refractivity contribution in [2.24, 2.45) is 0 Å². The first-order chi connectivity index (χ1) is 8.86. The number of benzene rings is 2. The van der Waals surface area contributed by atoms with Crippen LogP contribution in [0.25, 0.3) is 0 Å². The topological polar surface area (TPSA) is 27.7 Å². The van der Waals surface area contributed by atoms with Gasteiger partial charge in [0.25, 0.3) is 0 Å². The van der Waals surface area contributed by atoms with E-state index in [0.717, 1.165) is 22.5 Å². The number of fused-ring (bicyclic) bond motifs is 1. The lowest BCUT2D eigenvalue weighted by Crippen LogP contribution is -2.30. The van der Waals surface area contributed by atoms with E-state index in [1.165, 1.54) is 0 Å². The summed E-state index contributed by atoms with van der Waals surface area (Å²) in [5, 5.41) is 0. The maximum absolute atomic E-state index is 5.78. The molecule has 0 saturated heterocycles. The van der Waals surface area contributed by atoms with E-state index in [0.29, 0.717) is 6.61 Å². The number of hydrogen-bond donors (Lipinski definition) is 0. The fourth-order valence-electron chi connectivity index (χ4n) is 2.08. The van der Waals surface area contributed by atoms with Crippen LogP contribution in [0.2, 0.25) is 0 Å². The summed E-state index contributed by atoms with van der Waals surface area (Å²) in [6, 6.07) is 15.7. The smallest absolute Gasteiger partial charge is 0.457 e. The predicted octanol–water partition coefficient (Wildman–Crippen LogP) is 2.35. The van der Waals surface area contributed by atoms with Gasteiger partial charge in [-0.2, -0.15) is 0 Å². The van der Waals surface area contributed by atoms with Gasteiger partial charge in [-0.15, -0.1) is 0 Å². The third-order valence-corrected chi connectivity index (χ3v) is 2.95. The van der Waals surface area contributed by atoms with E-state index < -0.39 is 0 Å². The molecule has 0 radical (unpaired) electrons. The van der Waals surface area contributed by atoms with Crippen molar-refractivity contribution < 1.29 is 14.0 Å². The van der Waals surface area contributed by atoms with Crippen LogP contribution in [0.5, 0.6) is 11.5 Å². The molecular weight excluding hydrogens is 227 g/mol. The molecule has 0 aromatic heterocycles. The summed E-state index contributed by atoms with van der Waals surface area (Å²) in [6.45, 7) is 0.569. The minimum absolute atomic E-state index is 0.245. The van der Waals surface area contributed by atoms with Gasteiger partial charge in [0, 0.05) is 7.11 Å². The van der Waals surface area contributed by atoms with Crippen LogP contribution in [0.3, 0.4) is 0 Å². The molecular formula is C14H13BO3. The fraction of sp³-hybridized carbons (Fsp3) is 0.143. The largest absolute Gasteiger partial charge is 0.494 e. The summed E-state index contributed by atoms with van der Waals surface area (Å²) in [6.07, 6.45) is 0. The van der Waals surface area contributed by atoms with Crippen molar-refractivity contribution in [3.8, 4) is 11.5 Å². The Morgan fingerprint density at radius 1 is 1.06 bits per heavy atom. The molecule has 0 spiro atoms. The minimum Gasteiger partial charge on any atom is -0.457 e. The molecule has 1 aliphatic rings. The molecule has 0 bridgehead atoms. The first-order valence-corrected chi connectivity index (χ1v) is 5.87. The fourth-order valence-corrected chi connectivity index (χ4v) is 2.08. The number of rotatable bonds is 3.